The highest BCUT2D eigenvalue weighted by Crippen LogP contribution is 2.19. The Morgan fingerprint density at radius 2 is 1.96 bits per heavy atom. The van der Waals surface area contributed by atoms with E-state index in [-0.39, 0.29) is 17.5 Å². The van der Waals surface area contributed by atoms with Crippen molar-refractivity contribution in [2.45, 2.75) is 64.3 Å². The fourth-order valence-electron chi connectivity index (χ4n) is 2.88. The molecule has 23 heavy (non-hydrogen) atoms. The van der Waals surface area contributed by atoms with Crippen LogP contribution in [0.1, 0.15) is 67.6 Å². The number of rotatable bonds is 5. The molecule has 0 aliphatic heterocycles. The molecule has 1 aromatic rings. The lowest BCUT2D eigenvalue weighted by Crippen LogP contribution is -2.45. The third kappa shape index (κ3) is 4.68. The molecule has 0 aromatic carbocycles. The van der Waals surface area contributed by atoms with Crippen LogP contribution >= 0.6 is 0 Å². The van der Waals surface area contributed by atoms with E-state index in [2.05, 4.69) is 10.3 Å². The van der Waals surface area contributed by atoms with Crippen molar-refractivity contribution in [1.82, 2.24) is 10.3 Å². The maximum absolute atomic E-state index is 12.4. The van der Waals surface area contributed by atoms with Crippen molar-refractivity contribution in [1.29, 1.82) is 0 Å². The minimum absolute atomic E-state index is 0.0339. The van der Waals surface area contributed by atoms with Gasteiger partial charge in [0.15, 0.2) is 0 Å². The molecule has 0 fully saturated rings. The molecule has 1 aliphatic carbocycles. The van der Waals surface area contributed by atoms with E-state index in [0.29, 0.717) is 6.42 Å². The third-order valence-electron chi connectivity index (χ3n) is 4.25. The number of amides is 1. The number of aromatic amines is 1. The lowest BCUT2D eigenvalue weighted by Gasteiger charge is -2.25. The summed E-state index contributed by atoms with van der Waals surface area (Å²) in [6.45, 7) is 3.51. The van der Waals surface area contributed by atoms with Gasteiger partial charge >= 0.3 is 5.97 Å². The van der Waals surface area contributed by atoms with Crippen LogP contribution in [-0.2, 0) is 17.6 Å². The molecule has 6 nitrogen and oxygen atoms in total. The second-order valence-electron chi connectivity index (χ2n) is 6.81. The Hall–Kier alpha value is -2.11. The molecule has 2 rings (SSSR count). The summed E-state index contributed by atoms with van der Waals surface area (Å²) in [7, 11) is 0. The van der Waals surface area contributed by atoms with Crippen LogP contribution in [0.25, 0.3) is 0 Å². The number of fused-ring (bicyclic) bond motifs is 1. The molecule has 0 spiro atoms. The lowest BCUT2D eigenvalue weighted by molar-refractivity contribution is -0.137. The SMILES string of the molecule is CC(C)(CCC(=O)O)NC(=O)c1cc2c([nH]c1=O)CCCCC2. The fraction of sp³-hybridized carbons (Fsp3) is 0.588. The van der Waals surface area contributed by atoms with Gasteiger partial charge in [-0.1, -0.05) is 6.42 Å². The van der Waals surface area contributed by atoms with Gasteiger partial charge in [-0.2, -0.15) is 0 Å². The monoisotopic (exact) mass is 320 g/mol. The molecular weight excluding hydrogens is 296 g/mol. The number of hydrogen-bond acceptors (Lipinski definition) is 3. The van der Waals surface area contributed by atoms with Gasteiger partial charge in [-0.15, -0.1) is 0 Å². The molecule has 3 N–H and O–H groups in total. The fourth-order valence-corrected chi connectivity index (χ4v) is 2.88. The Labute approximate surface area is 135 Å². The molecular formula is C17H24N2O4. The number of carbonyl (C=O) groups is 2. The predicted molar refractivity (Wildman–Crippen MR) is 86.7 cm³/mol. The van der Waals surface area contributed by atoms with Crippen molar-refractivity contribution in [2.24, 2.45) is 0 Å². The molecule has 0 unspecified atom stereocenters. The summed E-state index contributed by atoms with van der Waals surface area (Å²) >= 11 is 0. The van der Waals surface area contributed by atoms with Crippen molar-refractivity contribution in [3.8, 4) is 0 Å². The normalized spacial score (nSPS) is 14.7. The van der Waals surface area contributed by atoms with Gasteiger partial charge in [-0.05, 0) is 57.6 Å². The summed E-state index contributed by atoms with van der Waals surface area (Å²) < 4.78 is 0. The number of aromatic nitrogens is 1. The van der Waals surface area contributed by atoms with Crippen LogP contribution in [0.3, 0.4) is 0 Å². The average molecular weight is 320 g/mol. The Kier molecular flexibility index (Phi) is 5.23. The first-order valence-electron chi connectivity index (χ1n) is 8.08. The second-order valence-corrected chi connectivity index (χ2v) is 6.81. The molecule has 126 valence electrons. The highest BCUT2D eigenvalue weighted by Gasteiger charge is 2.24. The van der Waals surface area contributed by atoms with E-state index < -0.39 is 17.4 Å². The van der Waals surface area contributed by atoms with E-state index >= 15 is 0 Å². The van der Waals surface area contributed by atoms with Gasteiger partial charge in [0, 0.05) is 17.7 Å². The average Bonchev–Trinajstić information content (AvgIpc) is 2.68. The second kappa shape index (κ2) is 6.98. The number of aryl methyl sites for hydroxylation is 2. The minimum atomic E-state index is -0.907. The van der Waals surface area contributed by atoms with Crippen LogP contribution < -0.4 is 10.9 Å². The lowest BCUT2D eigenvalue weighted by atomic mass is 9.97. The number of carboxylic acids is 1. The smallest absolute Gasteiger partial charge is 0.303 e. The Balaban J connectivity index is 2.17. The summed E-state index contributed by atoms with van der Waals surface area (Å²) in [6, 6.07) is 1.70. The zero-order valence-electron chi connectivity index (χ0n) is 13.7. The van der Waals surface area contributed by atoms with Crippen molar-refractivity contribution < 1.29 is 14.7 Å². The molecule has 1 heterocycles. The highest BCUT2D eigenvalue weighted by molar-refractivity contribution is 5.94. The van der Waals surface area contributed by atoms with E-state index in [9.17, 15) is 14.4 Å². The van der Waals surface area contributed by atoms with Gasteiger partial charge in [-0.3, -0.25) is 14.4 Å². The summed E-state index contributed by atoms with van der Waals surface area (Å²) in [5, 5.41) is 11.5. The molecule has 0 saturated carbocycles. The molecule has 1 aromatic heterocycles. The molecule has 0 atom stereocenters. The van der Waals surface area contributed by atoms with Gasteiger partial charge in [0.25, 0.3) is 11.5 Å². The molecule has 0 bridgehead atoms. The van der Waals surface area contributed by atoms with Crippen molar-refractivity contribution >= 4 is 11.9 Å². The highest BCUT2D eigenvalue weighted by atomic mass is 16.4. The predicted octanol–water partition coefficient (Wildman–Crippen LogP) is 2.02. The van der Waals surface area contributed by atoms with E-state index in [1.807, 2.05) is 0 Å². The number of carbonyl (C=O) groups excluding carboxylic acids is 1. The Bertz CT molecular complexity index is 661. The summed E-state index contributed by atoms with van der Waals surface area (Å²) in [6.07, 6.45) is 5.22. The first-order chi connectivity index (χ1) is 10.8. The van der Waals surface area contributed by atoms with Crippen molar-refractivity contribution in [3.05, 3.63) is 33.2 Å². The Morgan fingerprint density at radius 3 is 2.65 bits per heavy atom. The number of aliphatic carboxylic acids is 1. The van der Waals surface area contributed by atoms with E-state index in [0.717, 1.165) is 43.4 Å². The largest absolute Gasteiger partial charge is 0.481 e. The molecule has 0 saturated heterocycles. The Morgan fingerprint density at radius 1 is 1.26 bits per heavy atom. The number of carboxylic acid groups (broad SMARTS) is 1. The van der Waals surface area contributed by atoms with Crippen LogP contribution in [-0.4, -0.2) is 27.5 Å². The molecule has 0 radical (unpaired) electrons. The summed E-state index contributed by atoms with van der Waals surface area (Å²) in [5.74, 6) is -1.36. The van der Waals surface area contributed by atoms with E-state index in [1.165, 1.54) is 0 Å². The zero-order valence-corrected chi connectivity index (χ0v) is 13.7. The van der Waals surface area contributed by atoms with Gasteiger partial charge < -0.3 is 15.4 Å². The first-order valence-corrected chi connectivity index (χ1v) is 8.08. The van der Waals surface area contributed by atoms with Gasteiger partial charge in [-0.25, -0.2) is 0 Å². The maximum atomic E-state index is 12.4. The van der Waals surface area contributed by atoms with Crippen molar-refractivity contribution in [2.75, 3.05) is 0 Å². The molecule has 6 heteroatoms. The van der Waals surface area contributed by atoms with Crippen LogP contribution in [0.2, 0.25) is 0 Å². The molecule has 1 amide bonds. The van der Waals surface area contributed by atoms with Gasteiger partial charge in [0.05, 0.1) is 0 Å². The summed E-state index contributed by atoms with van der Waals surface area (Å²) in [5.41, 5.74) is 1.02. The van der Waals surface area contributed by atoms with Gasteiger partial charge in [0.1, 0.15) is 5.56 Å². The van der Waals surface area contributed by atoms with Crippen LogP contribution in [0.15, 0.2) is 10.9 Å². The quantitative estimate of drug-likeness (QED) is 0.723. The number of H-pyrrole nitrogens is 1. The number of hydrogen-bond donors (Lipinski definition) is 3. The number of pyridine rings is 1. The topological polar surface area (TPSA) is 99.3 Å². The molecule has 1 aliphatic rings. The minimum Gasteiger partial charge on any atom is -0.481 e. The van der Waals surface area contributed by atoms with Crippen molar-refractivity contribution in [3.63, 3.8) is 0 Å². The van der Waals surface area contributed by atoms with E-state index in [1.54, 1.807) is 19.9 Å². The first kappa shape index (κ1) is 17.2. The van der Waals surface area contributed by atoms with Crippen LogP contribution in [0, 0.1) is 0 Å². The third-order valence-corrected chi connectivity index (χ3v) is 4.25. The van der Waals surface area contributed by atoms with Crippen LogP contribution in [0.4, 0.5) is 0 Å². The van der Waals surface area contributed by atoms with E-state index in [4.69, 9.17) is 5.11 Å². The number of nitrogens with one attached hydrogen (secondary N) is 2. The summed E-state index contributed by atoms with van der Waals surface area (Å²) in [4.78, 5) is 38.1. The van der Waals surface area contributed by atoms with Crippen LogP contribution in [0.5, 0.6) is 0 Å². The maximum Gasteiger partial charge on any atom is 0.303 e. The zero-order chi connectivity index (χ0) is 17.0. The van der Waals surface area contributed by atoms with Gasteiger partial charge in [0.2, 0.25) is 0 Å². The standard InChI is InChI=1S/C17H24N2O4/c1-17(2,9-8-14(20)21)19-16(23)12-10-11-6-4-3-5-7-13(11)18-15(12)22/h10H,3-9H2,1-2H3,(H,18,22)(H,19,23)(H,20,21).